The third kappa shape index (κ3) is 2.38. The largest absolute Gasteiger partial charge is 0.497 e. The van der Waals surface area contributed by atoms with E-state index in [1.54, 1.807) is 0 Å². The maximum absolute atomic E-state index is 12.0. The van der Waals surface area contributed by atoms with Gasteiger partial charge in [0.1, 0.15) is 16.4 Å². The van der Waals surface area contributed by atoms with Crippen LogP contribution in [0.4, 0.5) is 0 Å². The van der Waals surface area contributed by atoms with Crippen LogP contribution >= 0.6 is 0 Å². The number of sulfone groups is 1. The lowest BCUT2D eigenvalue weighted by Crippen LogP contribution is -2.42. The van der Waals surface area contributed by atoms with Crippen LogP contribution in [-0.4, -0.2) is 35.4 Å². The van der Waals surface area contributed by atoms with E-state index < -0.39 is 9.84 Å². The fourth-order valence-corrected chi connectivity index (χ4v) is 3.62. The van der Waals surface area contributed by atoms with Gasteiger partial charge >= 0.3 is 0 Å². The first-order valence-corrected chi connectivity index (χ1v) is 8.44. The van der Waals surface area contributed by atoms with E-state index in [2.05, 4.69) is 0 Å². The summed E-state index contributed by atoms with van der Waals surface area (Å²) < 4.78 is 34.6. The summed E-state index contributed by atoms with van der Waals surface area (Å²) in [7, 11) is -0.389. The second-order valence-electron chi connectivity index (χ2n) is 5.32. The van der Waals surface area contributed by atoms with Crippen molar-refractivity contribution >= 4 is 9.84 Å². The van der Waals surface area contributed by atoms with Crippen LogP contribution in [0, 0.1) is 0 Å². The highest BCUT2D eigenvalue weighted by Crippen LogP contribution is 2.49. The molecule has 1 saturated carbocycles. The van der Waals surface area contributed by atoms with Crippen molar-refractivity contribution in [1.82, 2.24) is 0 Å². The van der Waals surface area contributed by atoms with Gasteiger partial charge in [-0.25, -0.2) is 8.42 Å². The van der Waals surface area contributed by atoms with Crippen LogP contribution in [0.25, 0.3) is 0 Å². The first-order chi connectivity index (χ1) is 9.38. The van der Waals surface area contributed by atoms with E-state index >= 15 is 0 Å². The van der Waals surface area contributed by atoms with Crippen molar-refractivity contribution in [3.63, 3.8) is 0 Å². The van der Waals surface area contributed by atoms with E-state index in [1.807, 2.05) is 6.07 Å². The molecular formula is C14H21NO4S. The standard InChI is InChI=1S/C14H21NO4S/c1-18-10-7-11(14(9-15)5-4-6-14)13(19-2)12(8-10)20(3,16)17/h7-8H,4-6,9,15H2,1-3H3. The molecule has 2 N–H and O–H groups in total. The molecular weight excluding hydrogens is 278 g/mol. The van der Waals surface area contributed by atoms with Gasteiger partial charge < -0.3 is 15.2 Å². The highest BCUT2D eigenvalue weighted by atomic mass is 32.2. The van der Waals surface area contributed by atoms with E-state index in [9.17, 15) is 8.42 Å². The molecule has 5 nitrogen and oxygen atoms in total. The van der Waals surface area contributed by atoms with E-state index in [-0.39, 0.29) is 10.3 Å². The first kappa shape index (κ1) is 15.1. The summed E-state index contributed by atoms with van der Waals surface area (Å²) in [6.45, 7) is 0.472. The number of ether oxygens (including phenoxy) is 2. The normalized spacial score (nSPS) is 17.4. The Kier molecular flexibility index (Phi) is 3.97. The summed E-state index contributed by atoms with van der Waals surface area (Å²) in [5.41, 5.74) is 6.58. The smallest absolute Gasteiger partial charge is 0.179 e. The molecule has 0 spiro atoms. The summed E-state index contributed by atoms with van der Waals surface area (Å²) in [5.74, 6) is 0.916. The Hall–Kier alpha value is -1.27. The van der Waals surface area contributed by atoms with Crippen LogP contribution in [0.15, 0.2) is 17.0 Å². The molecule has 0 amide bonds. The third-order valence-electron chi connectivity index (χ3n) is 4.14. The van der Waals surface area contributed by atoms with Crippen LogP contribution < -0.4 is 15.2 Å². The highest BCUT2D eigenvalue weighted by Gasteiger charge is 2.41. The number of nitrogens with two attached hydrogens (primary N) is 1. The van der Waals surface area contributed by atoms with Gasteiger partial charge in [-0.15, -0.1) is 0 Å². The van der Waals surface area contributed by atoms with Crippen molar-refractivity contribution < 1.29 is 17.9 Å². The molecule has 1 aliphatic rings. The minimum Gasteiger partial charge on any atom is -0.497 e. The zero-order valence-corrected chi connectivity index (χ0v) is 12.9. The third-order valence-corrected chi connectivity index (χ3v) is 5.24. The predicted octanol–water partition coefficient (Wildman–Crippen LogP) is 1.49. The number of benzene rings is 1. The number of rotatable bonds is 5. The van der Waals surface area contributed by atoms with Crippen molar-refractivity contribution in [2.75, 3.05) is 27.0 Å². The maximum atomic E-state index is 12.0. The monoisotopic (exact) mass is 299 g/mol. The van der Waals surface area contributed by atoms with Crippen molar-refractivity contribution in [2.45, 2.75) is 29.6 Å². The van der Waals surface area contributed by atoms with Crippen LogP contribution in [0.2, 0.25) is 0 Å². The van der Waals surface area contributed by atoms with Crippen LogP contribution in [0.3, 0.4) is 0 Å². The molecule has 0 saturated heterocycles. The fraction of sp³-hybridized carbons (Fsp3) is 0.571. The van der Waals surface area contributed by atoms with Gasteiger partial charge in [0.25, 0.3) is 0 Å². The van der Waals surface area contributed by atoms with Gasteiger partial charge in [-0.05, 0) is 18.9 Å². The molecule has 1 aromatic rings. The number of methoxy groups -OCH3 is 2. The zero-order valence-electron chi connectivity index (χ0n) is 12.1. The predicted molar refractivity (Wildman–Crippen MR) is 77.2 cm³/mol. The lowest BCUT2D eigenvalue weighted by molar-refractivity contribution is 0.240. The van der Waals surface area contributed by atoms with Gasteiger partial charge in [-0.2, -0.15) is 0 Å². The van der Waals surface area contributed by atoms with Gasteiger partial charge in [-0.1, -0.05) is 6.42 Å². The van der Waals surface area contributed by atoms with Gasteiger partial charge in [0.15, 0.2) is 9.84 Å². The van der Waals surface area contributed by atoms with Gasteiger partial charge in [0, 0.05) is 29.8 Å². The van der Waals surface area contributed by atoms with E-state index in [0.717, 1.165) is 24.8 Å². The van der Waals surface area contributed by atoms with Crippen molar-refractivity contribution in [3.05, 3.63) is 17.7 Å². The molecule has 2 rings (SSSR count). The molecule has 0 atom stereocenters. The molecule has 0 bridgehead atoms. The summed E-state index contributed by atoms with van der Waals surface area (Å²) in [4.78, 5) is 0.161. The van der Waals surface area contributed by atoms with Gasteiger partial charge in [0.2, 0.25) is 0 Å². The molecule has 0 aromatic heterocycles. The Morgan fingerprint density at radius 1 is 1.25 bits per heavy atom. The van der Waals surface area contributed by atoms with Gasteiger partial charge in [0.05, 0.1) is 14.2 Å². The lowest BCUT2D eigenvalue weighted by Gasteiger charge is -2.42. The zero-order chi connectivity index (χ0) is 15.0. The molecule has 1 aromatic carbocycles. The minimum atomic E-state index is -3.40. The summed E-state index contributed by atoms with van der Waals surface area (Å²) in [6, 6.07) is 3.35. The second-order valence-corrected chi connectivity index (χ2v) is 7.30. The molecule has 0 aliphatic heterocycles. The van der Waals surface area contributed by atoms with Crippen molar-refractivity contribution in [3.8, 4) is 11.5 Å². The SMILES string of the molecule is COc1cc(C2(CN)CCC2)c(OC)c(S(C)(=O)=O)c1. The van der Waals surface area contributed by atoms with Gasteiger partial charge in [-0.3, -0.25) is 0 Å². The molecule has 0 unspecified atom stereocenters. The van der Waals surface area contributed by atoms with Crippen LogP contribution in [-0.2, 0) is 15.3 Å². The molecule has 0 radical (unpaired) electrons. The Morgan fingerprint density at radius 3 is 2.25 bits per heavy atom. The second kappa shape index (κ2) is 5.26. The summed E-state index contributed by atoms with van der Waals surface area (Å²) >= 11 is 0. The highest BCUT2D eigenvalue weighted by molar-refractivity contribution is 7.90. The average Bonchev–Trinajstić information content (AvgIpc) is 2.36. The summed E-state index contributed by atoms with van der Waals surface area (Å²) in [5, 5.41) is 0. The molecule has 1 fully saturated rings. The Balaban J connectivity index is 2.73. The number of hydrogen-bond acceptors (Lipinski definition) is 5. The maximum Gasteiger partial charge on any atom is 0.179 e. The number of hydrogen-bond donors (Lipinski definition) is 1. The van der Waals surface area contributed by atoms with E-state index in [4.69, 9.17) is 15.2 Å². The minimum absolute atomic E-state index is 0.161. The topological polar surface area (TPSA) is 78.6 Å². The summed E-state index contributed by atoms with van der Waals surface area (Å²) in [6.07, 6.45) is 4.14. The molecule has 112 valence electrons. The van der Waals surface area contributed by atoms with E-state index in [1.165, 1.54) is 26.5 Å². The fourth-order valence-electron chi connectivity index (χ4n) is 2.76. The Labute approximate surface area is 120 Å². The quantitative estimate of drug-likeness (QED) is 0.891. The van der Waals surface area contributed by atoms with Crippen molar-refractivity contribution in [1.29, 1.82) is 0 Å². The molecule has 1 aliphatic carbocycles. The average molecular weight is 299 g/mol. The van der Waals surface area contributed by atoms with Crippen molar-refractivity contribution in [2.24, 2.45) is 5.73 Å². The van der Waals surface area contributed by atoms with Crippen LogP contribution in [0.5, 0.6) is 11.5 Å². The van der Waals surface area contributed by atoms with Crippen LogP contribution in [0.1, 0.15) is 24.8 Å². The lowest BCUT2D eigenvalue weighted by atomic mass is 9.64. The first-order valence-electron chi connectivity index (χ1n) is 6.54. The molecule has 20 heavy (non-hydrogen) atoms. The molecule has 6 heteroatoms. The Morgan fingerprint density at radius 2 is 1.90 bits per heavy atom. The molecule has 0 heterocycles. The van der Waals surface area contributed by atoms with E-state index in [0.29, 0.717) is 18.0 Å². The Bertz CT molecular complexity index is 600.